The van der Waals surface area contributed by atoms with Crippen molar-refractivity contribution in [2.45, 2.75) is 131 Å². The molecule has 5 unspecified atom stereocenters. The van der Waals surface area contributed by atoms with Gasteiger partial charge in [-0.3, -0.25) is 0 Å². The molecule has 0 bridgehead atoms. The van der Waals surface area contributed by atoms with Crippen LogP contribution in [0.25, 0.3) is 0 Å². The quantitative estimate of drug-likeness (QED) is 0.370. The van der Waals surface area contributed by atoms with Crippen LogP contribution in [0.3, 0.4) is 0 Å². The molecule has 0 saturated heterocycles. The van der Waals surface area contributed by atoms with Crippen molar-refractivity contribution in [3.8, 4) is 0 Å². The second kappa shape index (κ2) is 15.1. The molecule has 2 fully saturated rings. The van der Waals surface area contributed by atoms with E-state index in [1.54, 1.807) is 0 Å². The predicted octanol–water partition coefficient (Wildman–Crippen LogP) is 7.37. The molecule has 2 aliphatic rings. The maximum Gasteiger partial charge on any atom is 0.0836 e. The summed E-state index contributed by atoms with van der Waals surface area (Å²) in [7, 11) is 0. The summed E-state index contributed by atoms with van der Waals surface area (Å²) in [5.74, 6) is 1.12. The van der Waals surface area contributed by atoms with Crippen LogP contribution in [0.4, 0.5) is 0 Å². The first kappa shape index (κ1) is 31.1. The van der Waals surface area contributed by atoms with Gasteiger partial charge < -0.3 is 15.3 Å². The van der Waals surface area contributed by atoms with Crippen molar-refractivity contribution in [3.05, 3.63) is 35.5 Å². The van der Waals surface area contributed by atoms with Gasteiger partial charge in [0.15, 0.2) is 0 Å². The zero-order valence-electron chi connectivity index (χ0n) is 22.6. The van der Waals surface area contributed by atoms with Crippen LogP contribution in [0.5, 0.6) is 0 Å². The minimum absolute atomic E-state index is 0.282. The Kier molecular flexibility index (Phi) is 14.7. The molecule has 0 aliphatic heterocycles. The number of aliphatic hydroxyl groups excluding tert-OH is 2. The maximum absolute atomic E-state index is 9.91. The molecule has 0 heterocycles. The van der Waals surface area contributed by atoms with E-state index in [0.29, 0.717) is 31.1 Å². The molecule has 3 heteroatoms. The fraction of sp³-hybridized carbons (Fsp3) is 0.793. The molecule has 0 radical (unpaired) electrons. The smallest absolute Gasteiger partial charge is 0.0836 e. The molecule has 2 saturated carbocycles. The Morgan fingerprint density at radius 3 is 2.22 bits per heavy atom. The van der Waals surface area contributed by atoms with Gasteiger partial charge in [0, 0.05) is 0 Å². The van der Waals surface area contributed by atoms with E-state index in [1.165, 1.54) is 24.0 Å². The lowest BCUT2D eigenvalue weighted by Gasteiger charge is -2.46. The van der Waals surface area contributed by atoms with Crippen LogP contribution >= 0.6 is 0 Å². The first-order valence-electron chi connectivity index (χ1n) is 13.1. The van der Waals surface area contributed by atoms with Gasteiger partial charge in [0.05, 0.1) is 17.8 Å². The molecule has 32 heavy (non-hydrogen) atoms. The van der Waals surface area contributed by atoms with Crippen molar-refractivity contribution in [3.63, 3.8) is 0 Å². The van der Waals surface area contributed by atoms with E-state index < -0.39 is 17.8 Å². The first-order chi connectivity index (χ1) is 15.0. The fourth-order valence-electron chi connectivity index (χ4n) is 4.78. The second-order valence-corrected chi connectivity index (χ2v) is 10.1. The lowest BCUT2D eigenvalue weighted by atomic mass is 9.59. The van der Waals surface area contributed by atoms with E-state index in [9.17, 15) is 15.3 Å². The van der Waals surface area contributed by atoms with Crippen molar-refractivity contribution in [2.24, 2.45) is 17.3 Å². The van der Waals surface area contributed by atoms with E-state index >= 15 is 0 Å². The average molecular weight is 451 g/mol. The zero-order valence-corrected chi connectivity index (χ0v) is 22.6. The van der Waals surface area contributed by atoms with Gasteiger partial charge in [-0.25, -0.2) is 0 Å². The third kappa shape index (κ3) is 9.93. The normalized spacial score (nSPS) is 32.2. The standard InChI is InChI=1S/C25H42O3.2C2H6/c1-18(9-6-7-15-24(3,4)28)25(5)16-8-10-21(19(25)2)13-11-20-12-14-22(26)23(27)17-20;2*1-2/h6-7,11,13,18-19,22-23,26-28H,8-10,12,14-17H2,1-5H3;2*1-2H3/b7-6+,20-11-,21-13+;;. The van der Waals surface area contributed by atoms with Gasteiger partial charge in [-0.15, -0.1) is 0 Å². The molecule has 3 nitrogen and oxygen atoms in total. The SMILES string of the molecule is CC.CC.CC(C/C=C/CC(C)(C)O)C1(C)CCC/C(=C\C=C2\CCC(O)C(O)C2)C1C. The topological polar surface area (TPSA) is 60.7 Å². The molecule has 188 valence electrons. The summed E-state index contributed by atoms with van der Waals surface area (Å²) in [4.78, 5) is 0. The lowest BCUT2D eigenvalue weighted by Crippen LogP contribution is -2.36. The summed E-state index contributed by atoms with van der Waals surface area (Å²) in [5.41, 5.74) is 2.43. The lowest BCUT2D eigenvalue weighted by molar-refractivity contribution is 0.00411. The molecule has 5 atom stereocenters. The number of rotatable bonds is 6. The van der Waals surface area contributed by atoms with Crippen LogP contribution < -0.4 is 0 Å². The Labute approximate surface area is 199 Å². The van der Waals surface area contributed by atoms with Crippen LogP contribution in [0.1, 0.15) is 114 Å². The number of hydrogen-bond acceptors (Lipinski definition) is 3. The third-order valence-corrected chi connectivity index (χ3v) is 7.34. The Balaban J connectivity index is 0.00000227. The summed E-state index contributed by atoms with van der Waals surface area (Å²) in [5, 5.41) is 29.5. The van der Waals surface area contributed by atoms with Gasteiger partial charge in [0.2, 0.25) is 0 Å². The van der Waals surface area contributed by atoms with Crippen LogP contribution in [0.2, 0.25) is 0 Å². The van der Waals surface area contributed by atoms with E-state index in [-0.39, 0.29) is 5.41 Å². The molecule has 3 N–H and O–H groups in total. The van der Waals surface area contributed by atoms with Crippen molar-refractivity contribution in [1.82, 2.24) is 0 Å². The summed E-state index contributed by atoms with van der Waals surface area (Å²) in [6.07, 6.45) is 15.3. The monoisotopic (exact) mass is 450 g/mol. The Bertz CT molecular complexity index is 596. The highest BCUT2D eigenvalue weighted by Gasteiger charge is 2.39. The highest BCUT2D eigenvalue weighted by molar-refractivity contribution is 5.24. The summed E-state index contributed by atoms with van der Waals surface area (Å²) < 4.78 is 0. The molecular weight excluding hydrogens is 396 g/mol. The molecular formula is C29H54O3. The van der Waals surface area contributed by atoms with Crippen LogP contribution in [-0.2, 0) is 0 Å². The van der Waals surface area contributed by atoms with Crippen molar-refractivity contribution < 1.29 is 15.3 Å². The minimum Gasteiger partial charge on any atom is -0.390 e. The Hall–Kier alpha value is -0.900. The van der Waals surface area contributed by atoms with Gasteiger partial charge in [-0.1, -0.05) is 83.9 Å². The first-order valence-corrected chi connectivity index (χ1v) is 13.1. The van der Waals surface area contributed by atoms with Crippen LogP contribution in [-0.4, -0.2) is 33.1 Å². The van der Waals surface area contributed by atoms with Crippen molar-refractivity contribution >= 4 is 0 Å². The van der Waals surface area contributed by atoms with Gasteiger partial charge >= 0.3 is 0 Å². The summed E-state index contributed by atoms with van der Waals surface area (Å²) >= 11 is 0. The Morgan fingerprint density at radius 1 is 1.03 bits per heavy atom. The second-order valence-electron chi connectivity index (χ2n) is 10.1. The van der Waals surface area contributed by atoms with Gasteiger partial charge in [0.25, 0.3) is 0 Å². The minimum atomic E-state index is -0.631. The van der Waals surface area contributed by atoms with Crippen LogP contribution in [0.15, 0.2) is 35.5 Å². The molecule has 0 amide bonds. The largest absolute Gasteiger partial charge is 0.390 e. The van der Waals surface area contributed by atoms with E-state index in [0.717, 1.165) is 19.3 Å². The predicted molar refractivity (Wildman–Crippen MR) is 140 cm³/mol. The van der Waals surface area contributed by atoms with Gasteiger partial charge in [-0.2, -0.15) is 0 Å². The third-order valence-electron chi connectivity index (χ3n) is 7.34. The summed E-state index contributed by atoms with van der Waals surface area (Å²) in [6.45, 7) is 18.9. The van der Waals surface area contributed by atoms with Gasteiger partial charge in [0.1, 0.15) is 0 Å². The molecule has 2 aliphatic carbocycles. The highest BCUT2D eigenvalue weighted by Crippen LogP contribution is 2.50. The van der Waals surface area contributed by atoms with E-state index in [4.69, 9.17) is 0 Å². The highest BCUT2D eigenvalue weighted by atomic mass is 16.3. The fourth-order valence-corrected chi connectivity index (χ4v) is 4.78. The molecule has 0 aromatic heterocycles. The van der Waals surface area contributed by atoms with Crippen LogP contribution in [0, 0.1) is 17.3 Å². The molecule has 0 spiro atoms. The maximum atomic E-state index is 9.91. The molecule has 0 aromatic carbocycles. The molecule has 2 rings (SSSR count). The molecule has 0 aromatic rings. The van der Waals surface area contributed by atoms with E-state index in [2.05, 4.69) is 45.1 Å². The zero-order chi connectivity index (χ0) is 24.9. The average Bonchev–Trinajstić information content (AvgIpc) is 2.76. The van der Waals surface area contributed by atoms with E-state index in [1.807, 2.05) is 41.5 Å². The van der Waals surface area contributed by atoms with Crippen molar-refractivity contribution in [1.29, 1.82) is 0 Å². The number of hydrogen-bond donors (Lipinski definition) is 3. The number of aliphatic hydroxyl groups is 3. The van der Waals surface area contributed by atoms with Crippen molar-refractivity contribution in [2.75, 3.05) is 0 Å². The number of allylic oxidation sites excluding steroid dienone is 4. The summed E-state index contributed by atoms with van der Waals surface area (Å²) in [6, 6.07) is 0. The Morgan fingerprint density at radius 2 is 1.66 bits per heavy atom. The van der Waals surface area contributed by atoms with Gasteiger partial charge in [-0.05, 0) is 82.5 Å².